The summed E-state index contributed by atoms with van der Waals surface area (Å²) in [6.45, 7) is 1.96. The summed E-state index contributed by atoms with van der Waals surface area (Å²) in [5.41, 5.74) is 7.93. The second-order valence-electron chi connectivity index (χ2n) is 10.1. The molecule has 36 heavy (non-hydrogen) atoms. The number of benzene rings is 4. The Bertz CT molecular complexity index is 1410. The molecule has 0 spiro atoms. The van der Waals surface area contributed by atoms with Gasteiger partial charge in [-0.3, -0.25) is 0 Å². The number of fused-ring (bicyclic) bond motifs is 2. The Morgan fingerprint density at radius 3 is 2.25 bits per heavy atom. The summed E-state index contributed by atoms with van der Waals surface area (Å²) in [7, 11) is 0. The molecule has 8 rings (SSSR count). The van der Waals surface area contributed by atoms with E-state index in [9.17, 15) is 0 Å². The lowest BCUT2D eigenvalue weighted by atomic mass is 9.89. The molecule has 180 valence electrons. The van der Waals surface area contributed by atoms with Gasteiger partial charge in [-0.1, -0.05) is 42.5 Å². The van der Waals surface area contributed by atoms with Gasteiger partial charge in [0.05, 0.1) is 0 Å². The molecule has 4 nitrogen and oxygen atoms in total. The summed E-state index contributed by atoms with van der Waals surface area (Å²) in [4.78, 5) is 0. The largest absolute Gasteiger partial charge is 0.457 e. The second kappa shape index (κ2) is 9.12. The van der Waals surface area contributed by atoms with Crippen molar-refractivity contribution in [3.8, 4) is 23.0 Å². The van der Waals surface area contributed by atoms with Crippen LogP contribution in [-0.4, -0.2) is 13.1 Å². The van der Waals surface area contributed by atoms with Crippen LogP contribution in [0.5, 0.6) is 23.0 Å². The molecule has 0 saturated carbocycles. The highest BCUT2D eigenvalue weighted by atomic mass is 16.5. The summed E-state index contributed by atoms with van der Waals surface area (Å²) in [5, 5.41) is 7.49. The van der Waals surface area contributed by atoms with Gasteiger partial charge in [0, 0.05) is 17.6 Å². The zero-order valence-corrected chi connectivity index (χ0v) is 20.3. The Morgan fingerprint density at radius 2 is 1.33 bits per heavy atom. The van der Waals surface area contributed by atoms with Crippen molar-refractivity contribution in [2.45, 2.75) is 37.8 Å². The Hall–Kier alpha value is -3.60. The molecule has 0 saturated heterocycles. The third-order valence-electron chi connectivity index (χ3n) is 7.73. The molecule has 0 aliphatic carbocycles. The van der Waals surface area contributed by atoms with E-state index < -0.39 is 0 Å². The summed E-state index contributed by atoms with van der Waals surface area (Å²) in [6.07, 6.45) is 3.86. The fourth-order valence-electron chi connectivity index (χ4n) is 5.98. The van der Waals surface area contributed by atoms with Crippen LogP contribution in [0, 0.1) is 0 Å². The smallest absolute Gasteiger partial charge is 0.132 e. The summed E-state index contributed by atoms with van der Waals surface area (Å²) < 4.78 is 12.9. The average Bonchev–Trinajstić information content (AvgIpc) is 2.90. The number of rotatable bonds is 0. The van der Waals surface area contributed by atoms with Crippen molar-refractivity contribution in [3.05, 3.63) is 118 Å². The van der Waals surface area contributed by atoms with Gasteiger partial charge in [0.25, 0.3) is 0 Å². The van der Waals surface area contributed by atoms with Crippen molar-refractivity contribution in [2.24, 2.45) is 0 Å². The Balaban J connectivity index is 1.35. The minimum Gasteiger partial charge on any atom is -0.457 e. The monoisotopic (exact) mass is 474 g/mol. The lowest BCUT2D eigenvalue weighted by molar-refractivity contribution is 0.434. The number of ether oxygens (including phenoxy) is 2. The van der Waals surface area contributed by atoms with Crippen molar-refractivity contribution < 1.29 is 9.47 Å². The van der Waals surface area contributed by atoms with Crippen molar-refractivity contribution >= 4 is 0 Å². The van der Waals surface area contributed by atoms with Gasteiger partial charge in [-0.05, 0) is 109 Å². The molecular formula is C32H30N2O2. The van der Waals surface area contributed by atoms with E-state index >= 15 is 0 Å². The zero-order chi connectivity index (χ0) is 23.9. The molecular weight excluding hydrogens is 444 g/mol. The van der Waals surface area contributed by atoms with Gasteiger partial charge in [-0.15, -0.1) is 0 Å². The maximum Gasteiger partial charge on any atom is 0.132 e. The van der Waals surface area contributed by atoms with Gasteiger partial charge in [-0.25, -0.2) is 0 Å². The van der Waals surface area contributed by atoms with E-state index in [2.05, 4.69) is 89.5 Å². The van der Waals surface area contributed by atoms with Gasteiger partial charge >= 0.3 is 0 Å². The Morgan fingerprint density at radius 1 is 0.583 bits per heavy atom. The molecule has 0 radical (unpaired) electrons. The molecule has 0 amide bonds. The van der Waals surface area contributed by atoms with Crippen LogP contribution in [0.3, 0.4) is 0 Å². The molecule has 2 N–H and O–H groups in total. The van der Waals surface area contributed by atoms with E-state index in [0.717, 1.165) is 61.8 Å². The first-order chi connectivity index (χ1) is 17.8. The van der Waals surface area contributed by atoms with Crippen LogP contribution in [0.25, 0.3) is 0 Å². The van der Waals surface area contributed by atoms with Crippen LogP contribution < -0.4 is 20.1 Å². The standard InChI is InChI=1S/C32H30N2O2/c1-3-22-17-26(5-1)35-25-10-7-21(8-11-25)18-30-32-24(14-16-34-30)4-2-6-31(32)36-27-12-9-23-13-15-33-29(19-22)28(23)20-27/h1-12,17,20,29-30,33-34H,13-16,18-19H2. The Labute approximate surface area is 212 Å². The van der Waals surface area contributed by atoms with Gasteiger partial charge in [0.2, 0.25) is 0 Å². The summed E-state index contributed by atoms with van der Waals surface area (Å²) >= 11 is 0. The van der Waals surface area contributed by atoms with E-state index in [0.29, 0.717) is 0 Å². The van der Waals surface area contributed by atoms with Gasteiger partial charge in [0.1, 0.15) is 23.0 Å². The normalized spacial score (nSPS) is 20.3. The van der Waals surface area contributed by atoms with Crippen molar-refractivity contribution in [1.82, 2.24) is 10.6 Å². The minimum absolute atomic E-state index is 0.208. The molecule has 0 aromatic heterocycles. The predicted octanol–water partition coefficient (Wildman–Crippen LogP) is 6.44. The molecule has 2 unspecified atom stereocenters. The van der Waals surface area contributed by atoms with Gasteiger partial charge in [0.15, 0.2) is 0 Å². The first-order valence-electron chi connectivity index (χ1n) is 13.0. The van der Waals surface area contributed by atoms with Crippen LogP contribution >= 0.6 is 0 Å². The molecule has 4 aliphatic heterocycles. The molecule has 6 bridgehead atoms. The Kier molecular flexibility index (Phi) is 5.49. The topological polar surface area (TPSA) is 42.5 Å². The fourth-order valence-corrected chi connectivity index (χ4v) is 5.98. The van der Waals surface area contributed by atoms with E-state index in [1.807, 2.05) is 6.07 Å². The third kappa shape index (κ3) is 4.17. The van der Waals surface area contributed by atoms with Crippen LogP contribution in [0.15, 0.2) is 84.9 Å². The molecule has 4 aliphatic rings. The average molecular weight is 475 g/mol. The van der Waals surface area contributed by atoms with Crippen LogP contribution in [0.4, 0.5) is 0 Å². The van der Waals surface area contributed by atoms with Gasteiger partial charge in [-0.2, -0.15) is 0 Å². The van der Waals surface area contributed by atoms with E-state index in [-0.39, 0.29) is 12.1 Å². The highest BCUT2D eigenvalue weighted by molar-refractivity contribution is 5.49. The number of nitrogens with one attached hydrogen (secondary N) is 2. The first kappa shape index (κ1) is 21.7. The molecule has 2 atom stereocenters. The molecule has 4 aromatic carbocycles. The minimum atomic E-state index is 0.208. The van der Waals surface area contributed by atoms with E-state index in [1.54, 1.807) is 0 Å². The van der Waals surface area contributed by atoms with Crippen LogP contribution in [0.1, 0.15) is 45.5 Å². The molecule has 4 heterocycles. The molecule has 4 aromatic rings. The zero-order valence-electron chi connectivity index (χ0n) is 20.3. The number of hydrogen-bond donors (Lipinski definition) is 2. The maximum absolute atomic E-state index is 6.65. The maximum atomic E-state index is 6.65. The highest BCUT2D eigenvalue weighted by Crippen LogP contribution is 2.38. The second-order valence-corrected chi connectivity index (χ2v) is 10.1. The van der Waals surface area contributed by atoms with Crippen LogP contribution in [-0.2, 0) is 25.7 Å². The quantitative estimate of drug-likeness (QED) is 0.308. The SMILES string of the molecule is c1cc2cc(c1)Oc1ccc(cc1)CC1NCCc3cccc(c31)Oc1ccc3c(c1)C(C2)NCC3. The van der Waals surface area contributed by atoms with Crippen molar-refractivity contribution in [1.29, 1.82) is 0 Å². The van der Waals surface area contributed by atoms with E-state index in [4.69, 9.17) is 9.47 Å². The highest BCUT2D eigenvalue weighted by Gasteiger charge is 2.26. The first-order valence-corrected chi connectivity index (χ1v) is 13.0. The van der Waals surface area contributed by atoms with Crippen molar-refractivity contribution in [2.75, 3.05) is 13.1 Å². The van der Waals surface area contributed by atoms with Gasteiger partial charge < -0.3 is 20.1 Å². The van der Waals surface area contributed by atoms with E-state index in [1.165, 1.54) is 33.4 Å². The lowest BCUT2D eigenvalue weighted by Crippen LogP contribution is -2.31. The molecule has 4 heteroatoms. The summed E-state index contributed by atoms with van der Waals surface area (Å²) in [5.74, 6) is 3.60. The summed E-state index contributed by atoms with van der Waals surface area (Å²) in [6, 6.07) is 30.6. The third-order valence-corrected chi connectivity index (χ3v) is 7.73. The number of hydrogen-bond acceptors (Lipinski definition) is 4. The lowest BCUT2D eigenvalue weighted by Gasteiger charge is -2.30. The van der Waals surface area contributed by atoms with Crippen molar-refractivity contribution in [3.63, 3.8) is 0 Å². The van der Waals surface area contributed by atoms with Crippen LogP contribution in [0.2, 0.25) is 0 Å². The molecule has 0 fully saturated rings. The fraction of sp³-hybridized carbons (Fsp3) is 0.250. The predicted molar refractivity (Wildman–Crippen MR) is 142 cm³/mol.